The quantitative estimate of drug-likeness (QED) is 0.918. The summed E-state index contributed by atoms with van der Waals surface area (Å²) in [6.07, 6.45) is -1.66. The van der Waals surface area contributed by atoms with Gasteiger partial charge in [-0.15, -0.1) is 0 Å². The van der Waals surface area contributed by atoms with Gasteiger partial charge in [0.25, 0.3) is 6.43 Å². The Morgan fingerprint density at radius 1 is 1.15 bits per heavy atom. The minimum Gasteiger partial charge on any atom is -0.373 e. The molecule has 0 aliphatic carbocycles. The standard InChI is InChI=1S/C15H17F2N3/c1-4-12-9(2)14(18-3)20-15(19-12)11-7-5-10(6-8-11)13(16)17/h5-8,13H,4H2,1-3H3,(H,18,19,20). The number of hydrogen-bond donors (Lipinski definition) is 1. The summed E-state index contributed by atoms with van der Waals surface area (Å²) in [5, 5.41) is 3.04. The average Bonchev–Trinajstić information content (AvgIpc) is 2.47. The number of nitrogens with zero attached hydrogens (tertiary/aromatic N) is 2. The fraction of sp³-hybridized carbons (Fsp3) is 0.333. The second-order valence-corrected chi connectivity index (χ2v) is 4.49. The molecule has 0 unspecified atom stereocenters. The molecule has 20 heavy (non-hydrogen) atoms. The van der Waals surface area contributed by atoms with E-state index in [2.05, 4.69) is 15.3 Å². The maximum atomic E-state index is 12.6. The number of anilines is 1. The number of aryl methyl sites for hydroxylation is 1. The van der Waals surface area contributed by atoms with Crippen LogP contribution >= 0.6 is 0 Å². The van der Waals surface area contributed by atoms with E-state index in [1.165, 1.54) is 12.1 Å². The van der Waals surface area contributed by atoms with Crippen molar-refractivity contribution in [1.29, 1.82) is 0 Å². The second kappa shape index (κ2) is 5.94. The largest absolute Gasteiger partial charge is 0.373 e. The van der Waals surface area contributed by atoms with Crippen molar-refractivity contribution in [2.24, 2.45) is 0 Å². The van der Waals surface area contributed by atoms with E-state index in [-0.39, 0.29) is 5.56 Å². The maximum Gasteiger partial charge on any atom is 0.263 e. The predicted molar refractivity (Wildman–Crippen MR) is 76.1 cm³/mol. The highest BCUT2D eigenvalue weighted by atomic mass is 19.3. The van der Waals surface area contributed by atoms with E-state index >= 15 is 0 Å². The molecule has 1 aromatic carbocycles. The molecule has 0 radical (unpaired) electrons. The molecule has 0 bridgehead atoms. The highest BCUT2D eigenvalue weighted by molar-refractivity contribution is 5.60. The minimum atomic E-state index is -2.46. The van der Waals surface area contributed by atoms with E-state index < -0.39 is 6.43 Å². The molecule has 5 heteroatoms. The Bertz CT molecular complexity index is 570. The number of halogens is 2. The van der Waals surface area contributed by atoms with E-state index in [0.717, 1.165) is 29.1 Å². The van der Waals surface area contributed by atoms with Crippen molar-refractivity contribution in [1.82, 2.24) is 9.97 Å². The van der Waals surface area contributed by atoms with E-state index in [4.69, 9.17) is 0 Å². The second-order valence-electron chi connectivity index (χ2n) is 4.49. The number of benzene rings is 1. The molecule has 2 rings (SSSR count). The van der Waals surface area contributed by atoms with Crippen LogP contribution in [-0.4, -0.2) is 17.0 Å². The molecule has 0 fully saturated rings. The molecule has 1 heterocycles. The summed E-state index contributed by atoms with van der Waals surface area (Å²) in [5.41, 5.74) is 2.71. The topological polar surface area (TPSA) is 37.8 Å². The third kappa shape index (κ3) is 2.76. The lowest BCUT2D eigenvalue weighted by Gasteiger charge is -2.11. The third-order valence-corrected chi connectivity index (χ3v) is 3.24. The predicted octanol–water partition coefficient (Wildman–Crippen LogP) is 3.99. The zero-order valence-electron chi connectivity index (χ0n) is 11.7. The van der Waals surface area contributed by atoms with Gasteiger partial charge < -0.3 is 5.32 Å². The molecule has 1 aromatic heterocycles. The van der Waals surface area contributed by atoms with Gasteiger partial charge >= 0.3 is 0 Å². The molecule has 0 saturated carbocycles. The van der Waals surface area contributed by atoms with Crippen molar-refractivity contribution in [2.75, 3.05) is 12.4 Å². The lowest BCUT2D eigenvalue weighted by atomic mass is 10.1. The molecule has 2 aromatic rings. The van der Waals surface area contributed by atoms with Gasteiger partial charge in [-0.3, -0.25) is 0 Å². The van der Waals surface area contributed by atoms with Crippen molar-refractivity contribution in [3.63, 3.8) is 0 Å². The Kier molecular flexibility index (Phi) is 4.27. The van der Waals surface area contributed by atoms with Crippen LogP contribution < -0.4 is 5.32 Å². The molecule has 0 atom stereocenters. The summed E-state index contributed by atoms with van der Waals surface area (Å²) in [6, 6.07) is 6.08. The number of aromatic nitrogens is 2. The van der Waals surface area contributed by atoms with Gasteiger partial charge in [-0.2, -0.15) is 0 Å². The molecule has 3 nitrogen and oxygen atoms in total. The van der Waals surface area contributed by atoms with Gasteiger partial charge in [-0.1, -0.05) is 31.2 Å². The van der Waals surface area contributed by atoms with Gasteiger partial charge in [0.15, 0.2) is 5.82 Å². The first-order valence-corrected chi connectivity index (χ1v) is 6.50. The monoisotopic (exact) mass is 277 g/mol. The summed E-state index contributed by atoms with van der Waals surface area (Å²) >= 11 is 0. The van der Waals surface area contributed by atoms with E-state index in [0.29, 0.717) is 5.82 Å². The van der Waals surface area contributed by atoms with Crippen LogP contribution in [0.1, 0.15) is 30.2 Å². The number of hydrogen-bond acceptors (Lipinski definition) is 3. The zero-order valence-corrected chi connectivity index (χ0v) is 11.7. The van der Waals surface area contributed by atoms with Crippen LogP contribution in [0, 0.1) is 6.92 Å². The van der Waals surface area contributed by atoms with Crippen LogP contribution in [0.25, 0.3) is 11.4 Å². The highest BCUT2D eigenvalue weighted by Gasteiger charge is 2.11. The third-order valence-electron chi connectivity index (χ3n) is 3.24. The minimum absolute atomic E-state index is 0.00502. The van der Waals surface area contributed by atoms with Crippen LogP contribution in [0.3, 0.4) is 0 Å². The van der Waals surface area contributed by atoms with Gasteiger partial charge in [-0.25, -0.2) is 18.7 Å². The molecular formula is C15H17F2N3. The van der Waals surface area contributed by atoms with Gasteiger partial charge in [0.1, 0.15) is 5.82 Å². The van der Waals surface area contributed by atoms with Gasteiger partial charge in [0.2, 0.25) is 0 Å². The van der Waals surface area contributed by atoms with Crippen LogP contribution in [0.4, 0.5) is 14.6 Å². The van der Waals surface area contributed by atoms with E-state index in [9.17, 15) is 8.78 Å². The number of rotatable bonds is 4. The Labute approximate surface area is 117 Å². The van der Waals surface area contributed by atoms with Gasteiger partial charge in [-0.05, 0) is 13.3 Å². The fourth-order valence-electron chi connectivity index (χ4n) is 2.06. The normalized spacial score (nSPS) is 10.9. The molecule has 0 aliphatic heterocycles. The van der Waals surface area contributed by atoms with Crippen molar-refractivity contribution in [2.45, 2.75) is 26.7 Å². The lowest BCUT2D eigenvalue weighted by Crippen LogP contribution is -2.04. The zero-order chi connectivity index (χ0) is 14.7. The van der Waals surface area contributed by atoms with Crippen LogP contribution in [0.5, 0.6) is 0 Å². The van der Waals surface area contributed by atoms with Crippen molar-refractivity contribution in [3.8, 4) is 11.4 Å². The van der Waals surface area contributed by atoms with Crippen LogP contribution in [-0.2, 0) is 6.42 Å². The smallest absolute Gasteiger partial charge is 0.263 e. The average molecular weight is 277 g/mol. The molecule has 0 amide bonds. The van der Waals surface area contributed by atoms with Gasteiger partial charge in [0, 0.05) is 29.4 Å². The summed E-state index contributed by atoms with van der Waals surface area (Å²) < 4.78 is 25.1. The summed E-state index contributed by atoms with van der Waals surface area (Å²) in [5.74, 6) is 1.32. The summed E-state index contributed by atoms with van der Waals surface area (Å²) in [6.45, 7) is 3.99. The van der Waals surface area contributed by atoms with Crippen molar-refractivity contribution in [3.05, 3.63) is 41.1 Å². The molecule has 0 spiro atoms. The molecule has 0 saturated heterocycles. The molecule has 1 N–H and O–H groups in total. The van der Waals surface area contributed by atoms with E-state index in [1.54, 1.807) is 19.2 Å². The van der Waals surface area contributed by atoms with Gasteiger partial charge in [0.05, 0.1) is 0 Å². The first-order valence-electron chi connectivity index (χ1n) is 6.50. The SMILES string of the molecule is CCc1nc(-c2ccc(C(F)F)cc2)nc(NC)c1C. The molecule has 0 aliphatic rings. The van der Waals surface area contributed by atoms with E-state index in [1.807, 2.05) is 13.8 Å². The van der Waals surface area contributed by atoms with Crippen LogP contribution in [0.15, 0.2) is 24.3 Å². The summed E-state index contributed by atoms with van der Waals surface area (Å²) in [4.78, 5) is 8.94. The van der Waals surface area contributed by atoms with Crippen molar-refractivity contribution >= 4 is 5.82 Å². The first kappa shape index (κ1) is 14.4. The molecular weight excluding hydrogens is 260 g/mol. The Hall–Kier alpha value is -2.04. The maximum absolute atomic E-state index is 12.6. The first-order chi connectivity index (χ1) is 9.56. The Balaban J connectivity index is 2.46. The van der Waals surface area contributed by atoms with Crippen LogP contribution in [0.2, 0.25) is 0 Å². The number of nitrogens with one attached hydrogen (secondary N) is 1. The van der Waals surface area contributed by atoms with Crippen molar-refractivity contribution < 1.29 is 8.78 Å². The molecule has 106 valence electrons. The highest BCUT2D eigenvalue weighted by Crippen LogP contribution is 2.25. The number of alkyl halides is 2. The Morgan fingerprint density at radius 3 is 2.30 bits per heavy atom. The summed E-state index contributed by atoms with van der Waals surface area (Å²) in [7, 11) is 1.80. The fourth-order valence-corrected chi connectivity index (χ4v) is 2.06. The Morgan fingerprint density at radius 2 is 1.80 bits per heavy atom. The lowest BCUT2D eigenvalue weighted by molar-refractivity contribution is 0.151.